The van der Waals surface area contributed by atoms with Crippen molar-refractivity contribution in [3.8, 4) is 0 Å². The lowest BCUT2D eigenvalue weighted by molar-refractivity contribution is -0.134. The Bertz CT molecular complexity index is 242. The third kappa shape index (κ3) is 1.93. The van der Waals surface area contributed by atoms with E-state index in [0.29, 0.717) is 12.5 Å². The quantitative estimate of drug-likeness (QED) is 0.620. The second kappa shape index (κ2) is 3.52. The van der Waals surface area contributed by atoms with Crippen LogP contribution in [-0.4, -0.2) is 12.6 Å². The molecule has 1 aliphatic heterocycles. The lowest BCUT2D eigenvalue weighted by Crippen LogP contribution is -1.93. The SMILES string of the molecule is CCCCC1CC1C1=CC(=O)OC1. The van der Waals surface area contributed by atoms with Gasteiger partial charge in [0.25, 0.3) is 0 Å². The molecule has 1 fully saturated rings. The van der Waals surface area contributed by atoms with Gasteiger partial charge in [0.15, 0.2) is 0 Å². The van der Waals surface area contributed by atoms with Gasteiger partial charge in [-0.2, -0.15) is 0 Å². The second-order valence-electron chi connectivity index (χ2n) is 4.07. The van der Waals surface area contributed by atoms with Gasteiger partial charge in [-0.15, -0.1) is 0 Å². The van der Waals surface area contributed by atoms with Crippen LogP contribution in [0, 0.1) is 11.8 Å². The Morgan fingerprint density at radius 2 is 2.46 bits per heavy atom. The highest BCUT2D eigenvalue weighted by Gasteiger charge is 2.40. The first-order valence-electron chi connectivity index (χ1n) is 5.18. The molecule has 72 valence electrons. The number of unbranched alkanes of at least 4 members (excludes halogenated alkanes) is 1. The van der Waals surface area contributed by atoms with Gasteiger partial charge >= 0.3 is 5.97 Å². The van der Waals surface area contributed by atoms with E-state index in [1.807, 2.05) is 0 Å². The molecule has 0 aromatic carbocycles. The van der Waals surface area contributed by atoms with Crippen molar-refractivity contribution in [3.63, 3.8) is 0 Å². The molecule has 0 aromatic heterocycles. The summed E-state index contributed by atoms with van der Waals surface area (Å²) in [4.78, 5) is 10.8. The molecule has 1 saturated carbocycles. The molecular weight excluding hydrogens is 164 g/mol. The number of ether oxygens (including phenoxy) is 1. The fraction of sp³-hybridized carbons (Fsp3) is 0.727. The van der Waals surface area contributed by atoms with Crippen LogP contribution in [0.5, 0.6) is 0 Å². The van der Waals surface area contributed by atoms with Crippen molar-refractivity contribution in [2.45, 2.75) is 32.6 Å². The van der Waals surface area contributed by atoms with Gasteiger partial charge in [-0.3, -0.25) is 0 Å². The Labute approximate surface area is 79.0 Å². The standard InChI is InChI=1S/C11H16O2/c1-2-3-4-8-5-10(8)9-6-11(12)13-7-9/h6,8,10H,2-5,7H2,1H3. The van der Waals surface area contributed by atoms with E-state index in [0.717, 1.165) is 5.92 Å². The van der Waals surface area contributed by atoms with Gasteiger partial charge in [0.1, 0.15) is 6.61 Å². The van der Waals surface area contributed by atoms with E-state index in [9.17, 15) is 4.79 Å². The van der Waals surface area contributed by atoms with Crippen molar-refractivity contribution < 1.29 is 9.53 Å². The van der Waals surface area contributed by atoms with Crippen LogP contribution in [0.25, 0.3) is 0 Å². The van der Waals surface area contributed by atoms with Crippen LogP contribution in [0.15, 0.2) is 11.6 Å². The Hall–Kier alpha value is -0.790. The maximum atomic E-state index is 10.8. The molecule has 0 aromatic rings. The summed E-state index contributed by atoms with van der Waals surface area (Å²) in [5, 5.41) is 0. The van der Waals surface area contributed by atoms with E-state index in [-0.39, 0.29) is 5.97 Å². The van der Waals surface area contributed by atoms with E-state index < -0.39 is 0 Å². The highest BCUT2D eigenvalue weighted by atomic mass is 16.5. The summed E-state index contributed by atoms with van der Waals surface area (Å²) in [6.45, 7) is 2.78. The van der Waals surface area contributed by atoms with Gasteiger partial charge in [0, 0.05) is 6.08 Å². The zero-order valence-electron chi connectivity index (χ0n) is 8.08. The molecule has 1 heterocycles. The molecule has 2 nitrogen and oxygen atoms in total. The van der Waals surface area contributed by atoms with Gasteiger partial charge in [0.05, 0.1) is 0 Å². The largest absolute Gasteiger partial charge is 0.458 e. The fourth-order valence-corrected chi connectivity index (χ4v) is 2.09. The summed E-state index contributed by atoms with van der Waals surface area (Å²) < 4.78 is 4.89. The molecule has 0 amide bonds. The Morgan fingerprint density at radius 3 is 3.08 bits per heavy atom. The molecule has 0 bridgehead atoms. The Kier molecular flexibility index (Phi) is 2.38. The van der Waals surface area contributed by atoms with E-state index in [4.69, 9.17) is 4.74 Å². The molecule has 2 unspecified atom stereocenters. The van der Waals surface area contributed by atoms with Crippen molar-refractivity contribution in [2.75, 3.05) is 6.61 Å². The third-order valence-electron chi connectivity index (χ3n) is 3.01. The molecule has 2 heteroatoms. The number of cyclic esters (lactones) is 1. The average Bonchev–Trinajstić information content (AvgIpc) is 2.78. The Balaban J connectivity index is 1.79. The smallest absolute Gasteiger partial charge is 0.331 e. The summed E-state index contributed by atoms with van der Waals surface area (Å²) in [5.41, 5.74) is 1.24. The normalized spacial score (nSPS) is 31.5. The van der Waals surface area contributed by atoms with Crippen LogP contribution in [0.4, 0.5) is 0 Å². The topological polar surface area (TPSA) is 26.3 Å². The van der Waals surface area contributed by atoms with Gasteiger partial charge in [-0.25, -0.2) is 4.79 Å². The van der Waals surface area contributed by atoms with Gasteiger partial charge in [-0.1, -0.05) is 19.8 Å². The van der Waals surface area contributed by atoms with Gasteiger partial charge < -0.3 is 4.74 Å². The van der Waals surface area contributed by atoms with Crippen LogP contribution in [0.2, 0.25) is 0 Å². The number of esters is 1. The molecule has 13 heavy (non-hydrogen) atoms. The zero-order chi connectivity index (χ0) is 9.26. The number of rotatable bonds is 4. The molecule has 0 saturated heterocycles. The molecule has 2 rings (SSSR count). The van der Waals surface area contributed by atoms with E-state index in [1.165, 1.54) is 31.3 Å². The monoisotopic (exact) mass is 180 g/mol. The fourth-order valence-electron chi connectivity index (χ4n) is 2.09. The lowest BCUT2D eigenvalue weighted by Gasteiger charge is -1.98. The van der Waals surface area contributed by atoms with E-state index >= 15 is 0 Å². The summed E-state index contributed by atoms with van der Waals surface area (Å²) >= 11 is 0. The first-order valence-corrected chi connectivity index (χ1v) is 5.18. The number of carbonyl (C=O) groups is 1. The number of carbonyl (C=O) groups excluding carboxylic acids is 1. The highest BCUT2D eigenvalue weighted by Crippen LogP contribution is 2.48. The molecule has 1 aliphatic carbocycles. The lowest BCUT2D eigenvalue weighted by atomic mass is 10.1. The minimum absolute atomic E-state index is 0.142. The van der Waals surface area contributed by atoms with Crippen LogP contribution >= 0.6 is 0 Å². The van der Waals surface area contributed by atoms with E-state index in [2.05, 4.69) is 6.92 Å². The average molecular weight is 180 g/mol. The van der Waals surface area contributed by atoms with Crippen molar-refractivity contribution in [2.24, 2.45) is 11.8 Å². The predicted octanol–water partition coefficient (Wildman–Crippen LogP) is 2.30. The van der Waals surface area contributed by atoms with Crippen molar-refractivity contribution in [1.82, 2.24) is 0 Å². The minimum Gasteiger partial charge on any atom is -0.458 e. The molecule has 0 N–H and O–H groups in total. The highest BCUT2D eigenvalue weighted by molar-refractivity contribution is 5.85. The molecule has 2 aliphatic rings. The van der Waals surface area contributed by atoms with Crippen LogP contribution in [0.1, 0.15) is 32.6 Å². The number of hydrogen-bond donors (Lipinski definition) is 0. The van der Waals surface area contributed by atoms with Gasteiger partial charge in [0.2, 0.25) is 0 Å². The number of hydrogen-bond acceptors (Lipinski definition) is 2. The molecular formula is C11H16O2. The van der Waals surface area contributed by atoms with Crippen LogP contribution < -0.4 is 0 Å². The molecule has 0 radical (unpaired) electrons. The summed E-state index contributed by atoms with van der Waals surface area (Å²) in [7, 11) is 0. The molecule has 2 atom stereocenters. The molecule has 0 spiro atoms. The van der Waals surface area contributed by atoms with Crippen molar-refractivity contribution >= 4 is 5.97 Å². The van der Waals surface area contributed by atoms with Crippen LogP contribution in [-0.2, 0) is 9.53 Å². The zero-order valence-corrected chi connectivity index (χ0v) is 8.08. The summed E-state index contributed by atoms with van der Waals surface area (Å²) in [5.74, 6) is 1.38. The summed E-state index contributed by atoms with van der Waals surface area (Å²) in [6.07, 6.45) is 6.90. The maximum absolute atomic E-state index is 10.8. The first kappa shape index (κ1) is 8.79. The third-order valence-corrected chi connectivity index (χ3v) is 3.01. The first-order chi connectivity index (χ1) is 6.31. The van der Waals surface area contributed by atoms with Crippen molar-refractivity contribution in [3.05, 3.63) is 11.6 Å². The Morgan fingerprint density at radius 1 is 1.62 bits per heavy atom. The summed E-state index contributed by atoms with van der Waals surface area (Å²) in [6, 6.07) is 0. The minimum atomic E-state index is -0.142. The second-order valence-corrected chi connectivity index (χ2v) is 4.07. The van der Waals surface area contributed by atoms with E-state index in [1.54, 1.807) is 6.08 Å². The van der Waals surface area contributed by atoms with Crippen LogP contribution in [0.3, 0.4) is 0 Å². The van der Waals surface area contributed by atoms with Crippen molar-refractivity contribution in [1.29, 1.82) is 0 Å². The maximum Gasteiger partial charge on any atom is 0.331 e. The van der Waals surface area contributed by atoms with Gasteiger partial charge in [-0.05, 0) is 30.3 Å². The predicted molar refractivity (Wildman–Crippen MR) is 50.2 cm³/mol.